The molecule has 0 unspecified atom stereocenters. The van der Waals surface area contributed by atoms with Crippen LogP contribution in [0.2, 0.25) is 0 Å². The lowest BCUT2D eigenvalue weighted by molar-refractivity contribution is 0.150. The van der Waals surface area contributed by atoms with Crippen LogP contribution in [0.15, 0.2) is 30.3 Å². The maximum atomic E-state index is 8.14. The number of hydrogen-bond donors (Lipinski definition) is 1. The van der Waals surface area contributed by atoms with Crippen LogP contribution < -0.4 is 5.48 Å². The van der Waals surface area contributed by atoms with Crippen molar-refractivity contribution in [3.63, 3.8) is 0 Å². The molecular formula is C7H8NO. The van der Waals surface area contributed by atoms with E-state index in [4.69, 9.17) is 5.21 Å². The summed E-state index contributed by atoms with van der Waals surface area (Å²) in [4.78, 5) is 0. The van der Waals surface area contributed by atoms with E-state index in [1.807, 2.05) is 30.3 Å². The number of hydrogen-bond acceptors (Lipinski definition) is 1. The van der Waals surface area contributed by atoms with Gasteiger partial charge in [0.05, 0.1) is 6.54 Å². The Morgan fingerprint density at radius 2 is 1.89 bits per heavy atom. The van der Waals surface area contributed by atoms with E-state index < -0.39 is 0 Å². The normalized spacial score (nSPS) is 9.44. The molecule has 1 aromatic rings. The van der Waals surface area contributed by atoms with E-state index in [1.54, 1.807) is 0 Å². The zero-order chi connectivity index (χ0) is 6.53. The maximum absolute atomic E-state index is 8.14. The van der Waals surface area contributed by atoms with Crippen molar-refractivity contribution in [2.24, 2.45) is 0 Å². The minimum atomic E-state index is 0.390. The van der Waals surface area contributed by atoms with Crippen LogP contribution in [0.5, 0.6) is 0 Å². The summed E-state index contributed by atoms with van der Waals surface area (Å²) in [5, 5.41) is 8.14. The summed E-state index contributed by atoms with van der Waals surface area (Å²) >= 11 is 0. The Kier molecular flexibility index (Phi) is 2.24. The Bertz CT molecular complexity index is 162. The molecule has 1 rings (SSSR count). The van der Waals surface area contributed by atoms with Gasteiger partial charge in [-0.05, 0) is 5.56 Å². The Labute approximate surface area is 54.1 Å². The van der Waals surface area contributed by atoms with E-state index in [0.29, 0.717) is 6.54 Å². The minimum Gasteiger partial charge on any atom is -0.297 e. The van der Waals surface area contributed by atoms with Crippen LogP contribution >= 0.6 is 0 Å². The summed E-state index contributed by atoms with van der Waals surface area (Å²) < 4.78 is 0. The first-order chi connectivity index (χ1) is 4.43. The van der Waals surface area contributed by atoms with Crippen molar-refractivity contribution in [1.82, 2.24) is 5.48 Å². The molecule has 1 N–H and O–H groups in total. The van der Waals surface area contributed by atoms with Gasteiger partial charge in [0, 0.05) is 0 Å². The van der Waals surface area contributed by atoms with Gasteiger partial charge in [0.15, 0.2) is 0 Å². The second-order valence-corrected chi connectivity index (χ2v) is 1.79. The Hall–Kier alpha value is -0.860. The molecule has 1 radical (unpaired) electrons. The zero-order valence-electron chi connectivity index (χ0n) is 4.99. The summed E-state index contributed by atoms with van der Waals surface area (Å²) in [5.74, 6) is 0. The first-order valence-electron chi connectivity index (χ1n) is 2.78. The van der Waals surface area contributed by atoms with Gasteiger partial charge in [-0.2, -0.15) is 0 Å². The molecule has 0 aromatic heterocycles. The van der Waals surface area contributed by atoms with Gasteiger partial charge in [-0.25, -0.2) is 0 Å². The van der Waals surface area contributed by atoms with Gasteiger partial charge in [-0.3, -0.25) is 5.21 Å². The number of nitrogens with zero attached hydrogens (tertiary/aromatic N) is 1. The van der Waals surface area contributed by atoms with Crippen molar-refractivity contribution >= 4 is 0 Å². The summed E-state index contributed by atoms with van der Waals surface area (Å²) in [6.07, 6.45) is 0. The van der Waals surface area contributed by atoms with E-state index in [-0.39, 0.29) is 0 Å². The van der Waals surface area contributed by atoms with E-state index in [9.17, 15) is 0 Å². The monoisotopic (exact) mass is 122 g/mol. The molecule has 0 aliphatic heterocycles. The van der Waals surface area contributed by atoms with Gasteiger partial charge in [0.25, 0.3) is 0 Å². The highest BCUT2D eigenvalue weighted by Crippen LogP contribution is 1.96. The van der Waals surface area contributed by atoms with Crippen molar-refractivity contribution in [2.45, 2.75) is 6.54 Å². The van der Waals surface area contributed by atoms with Gasteiger partial charge < -0.3 is 0 Å². The third kappa shape index (κ3) is 1.83. The molecule has 9 heavy (non-hydrogen) atoms. The quantitative estimate of drug-likeness (QED) is 0.587. The van der Waals surface area contributed by atoms with Crippen molar-refractivity contribution in [2.75, 3.05) is 0 Å². The van der Waals surface area contributed by atoms with E-state index in [0.717, 1.165) is 5.56 Å². The SMILES string of the molecule is O[N]Cc1ccccc1. The maximum Gasteiger partial charge on any atom is 0.0674 e. The van der Waals surface area contributed by atoms with Crippen LogP contribution in [0, 0.1) is 0 Å². The fourth-order valence-electron chi connectivity index (χ4n) is 0.665. The molecule has 2 nitrogen and oxygen atoms in total. The first-order valence-corrected chi connectivity index (χ1v) is 2.78. The van der Waals surface area contributed by atoms with Crippen molar-refractivity contribution < 1.29 is 5.21 Å². The lowest BCUT2D eigenvalue weighted by atomic mass is 10.2. The standard InChI is InChI=1S/C7H8NO/c9-8-6-7-4-2-1-3-5-7/h1-5,9H,6H2. The minimum absolute atomic E-state index is 0.390. The number of rotatable bonds is 2. The van der Waals surface area contributed by atoms with Gasteiger partial charge >= 0.3 is 0 Å². The molecule has 0 atom stereocenters. The van der Waals surface area contributed by atoms with Gasteiger partial charge in [-0.1, -0.05) is 35.8 Å². The summed E-state index contributed by atoms with van der Waals surface area (Å²) in [5.41, 5.74) is 4.03. The van der Waals surface area contributed by atoms with E-state index in [2.05, 4.69) is 5.48 Å². The fourth-order valence-corrected chi connectivity index (χ4v) is 0.665. The average Bonchev–Trinajstić information content (AvgIpc) is 1.91. The number of benzene rings is 1. The lowest BCUT2D eigenvalue weighted by Crippen LogP contribution is -1.96. The molecule has 0 amide bonds. The van der Waals surface area contributed by atoms with Crippen LogP contribution in [0.1, 0.15) is 5.56 Å². The molecule has 0 saturated heterocycles. The van der Waals surface area contributed by atoms with Crippen molar-refractivity contribution in [1.29, 1.82) is 0 Å². The Morgan fingerprint density at radius 1 is 1.22 bits per heavy atom. The molecule has 47 valence electrons. The van der Waals surface area contributed by atoms with E-state index in [1.165, 1.54) is 0 Å². The molecule has 0 saturated carbocycles. The summed E-state index contributed by atoms with van der Waals surface area (Å²) in [6, 6.07) is 9.60. The second kappa shape index (κ2) is 3.22. The third-order valence-corrected chi connectivity index (χ3v) is 1.10. The highest BCUT2D eigenvalue weighted by molar-refractivity contribution is 5.13. The van der Waals surface area contributed by atoms with Gasteiger partial charge in [0.1, 0.15) is 0 Å². The zero-order valence-corrected chi connectivity index (χ0v) is 4.99. The molecular weight excluding hydrogens is 114 g/mol. The molecule has 0 heterocycles. The highest BCUT2D eigenvalue weighted by atomic mass is 16.5. The Morgan fingerprint density at radius 3 is 2.44 bits per heavy atom. The fraction of sp³-hybridized carbons (Fsp3) is 0.143. The first kappa shape index (κ1) is 6.26. The second-order valence-electron chi connectivity index (χ2n) is 1.79. The smallest absolute Gasteiger partial charge is 0.0674 e. The van der Waals surface area contributed by atoms with Crippen LogP contribution in [-0.4, -0.2) is 5.21 Å². The van der Waals surface area contributed by atoms with Crippen molar-refractivity contribution in [3.05, 3.63) is 35.9 Å². The molecule has 0 bridgehead atoms. The lowest BCUT2D eigenvalue weighted by Gasteiger charge is -1.92. The Balaban J connectivity index is 2.61. The highest BCUT2D eigenvalue weighted by Gasteiger charge is 1.86. The average molecular weight is 122 g/mol. The van der Waals surface area contributed by atoms with Gasteiger partial charge in [-0.15, -0.1) is 0 Å². The predicted molar refractivity (Wildman–Crippen MR) is 34.1 cm³/mol. The van der Waals surface area contributed by atoms with Crippen molar-refractivity contribution in [3.8, 4) is 0 Å². The third-order valence-electron chi connectivity index (χ3n) is 1.10. The van der Waals surface area contributed by atoms with Crippen LogP contribution in [0.3, 0.4) is 0 Å². The van der Waals surface area contributed by atoms with Crippen LogP contribution in [0.25, 0.3) is 0 Å². The van der Waals surface area contributed by atoms with E-state index >= 15 is 0 Å². The summed E-state index contributed by atoms with van der Waals surface area (Å²) in [6.45, 7) is 0.390. The topological polar surface area (TPSA) is 34.3 Å². The molecule has 1 aromatic carbocycles. The molecule has 0 aliphatic rings. The van der Waals surface area contributed by atoms with Crippen LogP contribution in [-0.2, 0) is 6.54 Å². The summed E-state index contributed by atoms with van der Waals surface area (Å²) in [7, 11) is 0. The van der Waals surface area contributed by atoms with Gasteiger partial charge in [0.2, 0.25) is 0 Å². The van der Waals surface area contributed by atoms with Crippen LogP contribution in [0.4, 0.5) is 0 Å². The molecule has 0 fully saturated rings. The number of hydroxylamine groups is 1. The molecule has 0 spiro atoms. The largest absolute Gasteiger partial charge is 0.297 e. The molecule has 2 heteroatoms. The molecule has 0 aliphatic carbocycles. The predicted octanol–water partition coefficient (Wildman–Crippen LogP) is 1.18.